The second kappa shape index (κ2) is 9.31. The van der Waals surface area contributed by atoms with Gasteiger partial charge in [-0.25, -0.2) is 12.8 Å². The van der Waals surface area contributed by atoms with E-state index in [0.717, 1.165) is 17.1 Å². The Morgan fingerprint density at radius 1 is 1.09 bits per heavy atom. The van der Waals surface area contributed by atoms with Crippen molar-refractivity contribution in [3.63, 3.8) is 0 Å². The monoisotopic (exact) mass is 475 g/mol. The molecule has 1 N–H and O–H groups in total. The Morgan fingerprint density at radius 2 is 1.81 bits per heavy atom. The minimum Gasteiger partial charge on any atom is -0.369 e. The molecule has 1 fully saturated rings. The largest absolute Gasteiger partial charge is 0.369 e. The molecule has 11 heteroatoms. The molecule has 0 unspecified atom stereocenters. The van der Waals surface area contributed by atoms with E-state index in [4.69, 9.17) is 0 Å². The lowest BCUT2D eigenvalue weighted by atomic mass is 10.2. The molecule has 0 saturated carbocycles. The number of rotatable bonds is 6. The number of hydrogen-bond acceptors (Lipinski definition) is 7. The lowest BCUT2D eigenvalue weighted by Crippen LogP contribution is -2.48. The maximum atomic E-state index is 13.2. The zero-order valence-corrected chi connectivity index (χ0v) is 19.0. The molecular formula is C21H22FN5O3S2. The summed E-state index contributed by atoms with van der Waals surface area (Å²) >= 11 is 1.28. The SMILES string of the molecule is CCc1nnc(NC(=O)c2cccc(S(=O)(=O)N3CCN(c4ccc(F)cc4)CC3)c2)s1. The summed E-state index contributed by atoms with van der Waals surface area (Å²) in [6, 6.07) is 12.1. The fourth-order valence-corrected chi connectivity index (χ4v) is 5.54. The van der Waals surface area contributed by atoms with Gasteiger partial charge in [0.15, 0.2) is 0 Å². The summed E-state index contributed by atoms with van der Waals surface area (Å²) < 4.78 is 40.9. The van der Waals surface area contributed by atoms with Crippen LogP contribution in [0.5, 0.6) is 0 Å². The van der Waals surface area contributed by atoms with Crippen LogP contribution in [-0.2, 0) is 16.4 Å². The van der Waals surface area contributed by atoms with Crippen molar-refractivity contribution in [2.75, 3.05) is 36.4 Å². The number of sulfonamides is 1. The minimum absolute atomic E-state index is 0.0619. The van der Waals surface area contributed by atoms with E-state index in [-0.39, 0.29) is 16.3 Å². The number of benzene rings is 2. The molecule has 4 rings (SSSR count). The lowest BCUT2D eigenvalue weighted by Gasteiger charge is -2.35. The number of halogens is 1. The van der Waals surface area contributed by atoms with Crippen molar-refractivity contribution in [3.05, 3.63) is 64.9 Å². The Labute approximate surface area is 189 Å². The van der Waals surface area contributed by atoms with Crippen LogP contribution in [0.4, 0.5) is 15.2 Å². The van der Waals surface area contributed by atoms with Gasteiger partial charge in [-0.2, -0.15) is 4.31 Å². The van der Waals surface area contributed by atoms with E-state index in [1.807, 2.05) is 11.8 Å². The molecule has 0 radical (unpaired) electrons. The fourth-order valence-electron chi connectivity index (χ4n) is 3.40. The zero-order valence-electron chi connectivity index (χ0n) is 17.4. The Kier molecular flexibility index (Phi) is 6.49. The van der Waals surface area contributed by atoms with E-state index >= 15 is 0 Å². The number of amides is 1. The maximum Gasteiger partial charge on any atom is 0.257 e. The highest BCUT2D eigenvalue weighted by atomic mass is 32.2. The van der Waals surface area contributed by atoms with Gasteiger partial charge in [-0.05, 0) is 48.9 Å². The standard InChI is InChI=1S/C21H22FN5O3S2/c1-2-19-24-25-21(31-19)23-20(28)15-4-3-5-18(14-15)32(29,30)27-12-10-26(11-13-27)17-8-6-16(22)7-9-17/h3-9,14H,2,10-13H2,1H3,(H,23,25,28). The van der Waals surface area contributed by atoms with Crippen molar-refractivity contribution in [3.8, 4) is 0 Å². The molecule has 3 aromatic rings. The molecule has 2 aromatic carbocycles. The summed E-state index contributed by atoms with van der Waals surface area (Å²) in [5, 5.41) is 11.7. The summed E-state index contributed by atoms with van der Waals surface area (Å²) in [4.78, 5) is 14.7. The van der Waals surface area contributed by atoms with E-state index in [9.17, 15) is 17.6 Å². The maximum absolute atomic E-state index is 13.2. The van der Waals surface area contributed by atoms with Gasteiger partial charge >= 0.3 is 0 Å². The van der Waals surface area contributed by atoms with Gasteiger partial charge in [0.2, 0.25) is 15.2 Å². The first-order valence-electron chi connectivity index (χ1n) is 10.1. The van der Waals surface area contributed by atoms with E-state index < -0.39 is 15.9 Å². The first kappa shape index (κ1) is 22.3. The van der Waals surface area contributed by atoms with Crippen molar-refractivity contribution < 1.29 is 17.6 Å². The highest BCUT2D eigenvalue weighted by Gasteiger charge is 2.29. The van der Waals surface area contributed by atoms with Crippen LogP contribution < -0.4 is 10.2 Å². The molecule has 0 spiro atoms. The molecule has 0 bridgehead atoms. The predicted molar refractivity (Wildman–Crippen MR) is 121 cm³/mol. The number of piperazine rings is 1. The van der Waals surface area contributed by atoms with Gasteiger partial charge in [0.05, 0.1) is 4.90 Å². The Morgan fingerprint density at radius 3 is 2.47 bits per heavy atom. The van der Waals surface area contributed by atoms with Crippen LogP contribution >= 0.6 is 11.3 Å². The number of anilines is 2. The Hall–Kier alpha value is -2.89. The van der Waals surface area contributed by atoms with Crippen molar-refractivity contribution >= 4 is 38.1 Å². The summed E-state index contributed by atoms with van der Waals surface area (Å²) in [6.45, 7) is 3.51. The molecule has 1 aliphatic heterocycles. The molecule has 2 heterocycles. The first-order chi connectivity index (χ1) is 15.4. The molecule has 0 atom stereocenters. The van der Waals surface area contributed by atoms with Crippen molar-refractivity contribution in [1.29, 1.82) is 0 Å². The third-order valence-corrected chi connectivity index (χ3v) is 8.03. The topological polar surface area (TPSA) is 95.5 Å². The number of nitrogens with zero attached hydrogens (tertiary/aromatic N) is 4. The van der Waals surface area contributed by atoms with Crippen molar-refractivity contribution in [1.82, 2.24) is 14.5 Å². The zero-order chi connectivity index (χ0) is 22.7. The van der Waals surface area contributed by atoms with Crippen LogP contribution in [0.3, 0.4) is 0 Å². The molecule has 1 amide bonds. The average Bonchev–Trinajstić information content (AvgIpc) is 3.27. The molecule has 168 valence electrons. The minimum atomic E-state index is -3.76. The number of carbonyl (C=O) groups excluding carboxylic acids is 1. The number of aryl methyl sites for hydroxylation is 1. The van der Waals surface area contributed by atoms with Crippen LogP contribution in [-0.4, -0.2) is 55.0 Å². The van der Waals surface area contributed by atoms with Crippen LogP contribution in [0.2, 0.25) is 0 Å². The van der Waals surface area contributed by atoms with Crippen molar-refractivity contribution in [2.45, 2.75) is 18.2 Å². The quantitative estimate of drug-likeness (QED) is 0.589. The lowest BCUT2D eigenvalue weighted by molar-refractivity contribution is 0.102. The highest BCUT2D eigenvalue weighted by Crippen LogP contribution is 2.23. The summed E-state index contributed by atoms with van der Waals surface area (Å²) in [5.74, 6) is -0.752. The molecular weight excluding hydrogens is 453 g/mol. The Bertz CT molecular complexity index is 1210. The molecule has 1 aromatic heterocycles. The number of nitrogens with one attached hydrogen (secondary N) is 1. The van der Waals surface area contributed by atoms with Gasteiger partial charge in [-0.1, -0.05) is 24.3 Å². The van der Waals surface area contributed by atoms with Crippen molar-refractivity contribution in [2.24, 2.45) is 0 Å². The number of hydrogen-bond donors (Lipinski definition) is 1. The van der Waals surface area contributed by atoms with E-state index in [1.54, 1.807) is 24.3 Å². The second-order valence-electron chi connectivity index (χ2n) is 7.20. The highest BCUT2D eigenvalue weighted by molar-refractivity contribution is 7.89. The summed E-state index contributed by atoms with van der Waals surface area (Å²) in [5.41, 5.74) is 1.08. The summed E-state index contributed by atoms with van der Waals surface area (Å²) in [7, 11) is -3.76. The second-order valence-corrected chi connectivity index (χ2v) is 10.2. The van der Waals surface area contributed by atoms with Crippen LogP contribution in [0, 0.1) is 5.82 Å². The van der Waals surface area contributed by atoms with Gasteiger partial charge in [-0.3, -0.25) is 10.1 Å². The van der Waals surface area contributed by atoms with Gasteiger partial charge in [0.1, 0.15) is 10.8 Å². The fraction of sp³-hybridized carbons (Fsp3) is 0.286. The van der Waals surface area contributed by atoms with Gasteiger partial charge < -0.3 is 4.90 Å². The molecule has 0 aliphatic carbocycles. The van der Waals surface area contributed by atoms with E-state index in [2.05, 4.69) is 15.5 Å². The summed E-state index contributed by atoms with van der Waals surface area (Å²) in [6.07, 6.45) is 0.718. The smallest absolute Gasteiger partial charge is 0.257 e. The average molecular weight is 476 g/mol. The Balaban J connectivity index is 1.45. The van der Waals surface area contributed by atoms with E-state index in [1.165, 1.54) is 39.9 Å². The third kappa shape index (κ3) is 4.79. The molecule has 8 nitrogen and oxygen atoms in total. The molecule has 1 saturated heterocycles. The van der Waals surface area contributed by atoms with Gasteiger partial charge in [0, 0.05) is 37.4 Å². The first-order valence-corrected chi connectivity index (χ1v) is 12.4. The number of aromatic nitrogens is 2. The van der Waals surface area contributed by atoms with Crippen LogP contribution in [0.15, 0.2) is 53.4 Å². The normalized spacial score (nSPS) is 15.0. The van der Waals surface area contributed by atoms with Crippen LogP contribution in [0.25, 0.3) is 0 Å². The van der Waals surface area contributed by atoms with Gasteiger partial charge in [-0.15, -0.1) is 10.2 Å². The van der Waals surface area contributed by atoms with E-state index in [0.29, 0.717) is 31.3 Å². The molecule has 1 aliphatic rings. The van der Waals surface area contributed by atoms with Gasteiger partial charge in [0.25, 0.3) is 5.91 Å². The molecule has 32 heavy (non-hydrogen) atoms. The third-order valence-electron chi connectivity index (χ3n) is 5.15. The predicted octanol–water partition coefficient (Wildman–Crippen LogP) is 3.00. The van der Waals surface area contributed by atoms with Crippen LogP contribution in [0.1, 0.15) is 22.3 Å². The number of carbonyl (C=O) groups is 1.